The molecule has 9 nitrogen and oxygen atoms in total. The van der Waals surface area contributed by atoms with Crippen molar-refractivity contribution in [2.75, 3.05) is 26.2 Å². The standard InChI is InChI=1S/C18H26N8O/c27-18(26-10-8-25(9-11-26)14-4-2-1-3-5-14)21-13-16-22-17(24-23-16)15-12-19-6-7-20-15/h6-7,12,14H,1-5,8-11,13H2,(H,21,27)(H,22,23,24). The Balaban J connectivity index is 1.24. The summed E-state index contributed by atoms with van der Waals surface area (Å²) in [6, 6.07) is 0.674. The summed E-state index contributed by atoms with van der Waals surface area (Å²) in [5.41, 5.74) is 0.602. The molecule has 2 aliphatic rings. The molecule has 1 saturated heterocycles. The number of rotatable bonds is 4. The van der Waals surface area contributed by atoms with Crippen molar-refractivity contribution < 1.29 is 4.79 Å². The number of aromatic nitrogens is 5. The van der Waals surface area contributed by atoms with Gasteiger partial charge in [0.15, 0.2) is 0 Å². The topological polar surface area (TPSA) is 103 Å². The minimum absolute atomic E-state index is 0.0456. The minimum Gasteiger partial charge on any atom is -0.331 e. The minimum atomic E-state index is -0.0456. The maximum Gasteiger partial charge on any atom is 0.317 e. The third-order valence-electron chi connectivity index (χ3n) is 5.42. The second kappa shape index (κ2) is 8.43. The predicted octanol–water partition coefficient (Wildman–Crippen LogP) is 1.42. The van der Waals surface area contributed by atoms with E-state index in [1.165, 1.54) is 32.1 Å². The van der Waals surface area contributed by atoms with Crippen LogP contribution in [0.1, 0.15) is 37.9 Å². The maximum atomic E-state index is 12.4. The zero-order valence-electron chi connectivity index (χ0n) is 15.5. The SMILES string of the molecule is O=C(NCc1nc(-c2cnccn2)n[nH]1)N1CCN(C2CCCCC2)CC1. The fourth-order valence-electron chi connectivity index (χ4n) is 3.91. The summed E-state index contributed by atoms with van der Waals surface area (Å²) in [6.07, 6.45) is 11.5. The maximum absolute atomic E-state index is 12.4. The van der Waals surface area contributed by atoms with E-state index in [9.17, 15) is 4.79 Å². The lowest BCUT2D eigenvalue weighted by molar-refractivity contribution is 0.0904. The average Bonchev–Trinajstić information content (AvgIpc) is 3.22. The van der Waals surface area contributed by atoms with Gasteiger partial charge in [-0.2, -0.15) is 5.10 Å². The number of hydrogen-bond acceptors (Lipinski definition) is 6. The van der Waals surface area contributed by atoms with E-state index in [0.717, 1.165) is 32.2 Å². The van der Waals surface area contributed by atoms with E-state index in [2.05, 4.69) is 35.4 Å². The van der Waals surface area contributed by atoms with Crippen LogP contribution >= 0.6 is 0 Å². The Hall–Kier alpha value is -2.55. The number of carbonyl (C=O) groups excluding carboxylic acids is 1. The molecule has 144 valence electrons. The fraction of sp³-hybridized carbons (Fsp3) is 0.611. The van der Waals surface area contributed by atoms with E-state index >= 15 is 0 Å². The molecule has 4 rings (SSSR count). The van der Waals surface area contributed by atoms with E-state index in [0.29, 0.717) is 23.9 Å². The molecule has 2 aromatic rings. The Morgan fingerprint density at radius 2 is 1.96 bits per heavy atom. The molecule has 1 aliphatic carbocycles. The van der Waals surface area contributed by atoms with Crippen LogP contribution in [-0.2, 0) is 6.54 Å². The van der Waals surface area contributed by atoms with Gasteiger partial charge in [-0.25, -0.2) is 14.8 Å². The number of hydrogen-bond donors (Lipinski definition) is 2. The Labute approximate surface area is 158 Å². The summed E-state index contributed by atoms with van der Waals surface area (Å²) < 4.78 is 0. The summed E-state index contributed by atoms with van der Waals surface area (Å²) in [5, 5.41) is 9.90. The number of carbonyl (C=O) groups is 1. The quantitative estimate of drug-likeness (QED) is 0.844. The van der Waals surface area contributed by atoms with Gasteiger partial charge in [-0.15, -0.1) is 0 Å². The molecule has 2 amide bonds. The van der Waals surface area contributed by atoms with Crippen molar-refractivity contribution in [2.24, 2.45) is 0 Å². The molecule has 2 fully saturated rings. The summed E-state index contributed by atoms with van der Waals surface area (Å²) in [4.78, 5) is 29.4. The summed E-state index contributed by atoms with van der Waals surface area (Å²) >= 11 is 0. The van der Waals surface area contributed by atoms with Crippen LogP contribution in [0.4, 0.5) is 4.79 Å². The monoisotopic (exact) mass is 370 g/mol. The molecule has 2 N–H and O–H groups in total. The predicted molar refractivity (Wildman–Crippen MR) is 99.7 cm³/mol. The van der Waals surface area contributed by atoms with Gasteiger partial charge >= 0.3 is 6.03 Å². The zero-order chi connectivity index (χ0) is 18.5. The van der Waals surface area contributed by atoms with E-state index < -0.39 is 0 Å². The number of amides is 2. The zero-order valence-corrected chi connectivity index (χ0v) is 15.5. The van der Waals surface area contributed by atoms with E-state index in [1.54, 1.807) is 18.6 Å². The molecule has 9 heteroatoms. The van der Waals surface area contributed by atoms with Gasteiger partial charge in [-0.3, -0.25) is 15.0 Å². The molecular weight excluding hydrogens is 344 g/mol. The van der Waals surface area contributed by atoms with Crippen LogP contribution in [0, 0.1) is 0 Å². The Morgan fingerprint density at radius 1 is 1.15 bits per heavy atom. The second-order valence-corrected chi connectivity index (χ2v) is 7.17. The molecule has 0 atom stereocenters. The highest BCUT2D eigenvalue weighted by molar-refractivity contribution is 5.74. The normalized spacial score (nSPS) is 19.2. The van der Waals surface area contributed by atoms with Crippen LogP contribution in [0.2, 0.25) is 0 Å². The van der Waals surface area contributed by atoms with Crippen molar-refractivity contribution >= 4 is 6.03 Å². The van der Waals surface area contributed by atoms with Crippen molar-refractivity contribution in [2.45, 2.75) is 44.7 Å². The number of urea groups is 1. The Morgan fingerprint density at radius 3 is 2.70 bits per heavy atom. The van der Waals surface area contributed by atoms with Gasteiger partial charge in [-0.1, -0.05) is 19.3 Å². The fourth-order valence-corrected chi connectivity index (χ4v) is 3.91. The third-order valence-corrected chi connectivity index (χ3v) is 5.42. The van der Waals surface area contributed by atoms with Crippen LogP contribution in [0.25, 0.3) is 11.5 Å². The lowest BCUT2D eigenvalue weighted by Gasteiger charge is -2.40. The number of aromatic amines is 1. The van der Waals surface area contributed by atoms with Crippen LogP contribution < -0.4 is 5.32 Å². The van der Waals surface area contributed by atoms with Crippen molar-refractivity contribution in [3.05, 3.63) is 24.4 Å². The number of H-pyrrole nitrogens is 1. The van der Waals surface area contributed by atoms with E-state index in [1.807, 2.05) is 4.90 Å². The molecule has 0 spiro atoms. The molecule has 27 heavy (non-hydrogen) atoms. The summed E-state index contributed by atoms with van der Waals surface area (Å²) in [5.74, 6) is 1.08. The number of piperazine rings is 1. The van der Waals surface area contributed by atoms with Crippen molar-refractivity contribution in [3.63, 3.8) is 0 Å². The van der Waals surface area contributed by atoms with Gasteiger partial charge in [-0.05, 0) is 12.8 Å². The molecule has 3 heterocycles. The second-order valence-electron chi connectivity index (χ2n) is 7.17. The van der Waals surface area contributed by atoms with Gasteiger partial charge < -0.3 is 10.2 Å². The average molecular weight is 370 g/mol. The molecule has 1 aliphatic heterocycles. The Bertz CT molecular complexity index is 735. The van der Waals surface area contributed by atoms with Gasteiger partial charge in [0.2, 0.25) is 5.82 Å². The summed E-state index contributed by atoms with van der Waals surface area (Å²) in [6.45, 7) is 3.82. The van der Waals surface area contributed by atoms with E-state index in [4.69, 9.17) is 0 Å². The van der Waals surface area contributed by atoms with Crippen LogP contribution in [0.15, 0.2) is 18.6 Å². The molecule has 1 saturated carbocycles. The van der Waals surface area contributed by atoms with Gasteiger partial charge in [0.25, 0.3) is 0 Å². The van der Waals surface area contributed by atoms with Crippen molar-refractivity contribution in [3.8, 4) is 11.5 Å². The van der Waals surface area contributed by atoms with Gasteiger partial charge in [0.1, 0.15) is 11.5 Å². The smallest absolute Gasteiger partial charge is 0.317 e. The van der Waals surface area contributed by atoms with Gasteiger partial charge in [0.05, 0.1) is 12.7 Å². The molecule has 0 aromatic carbocycles. The van der Waals surface area contributed by atoms with Crippen molar-refractivity contribution in [1.82, 2.24) is 40.3 Å². The molecule has 0 bridgehead atoms. The van der Waals surface area contributed by atoms with Crippen molar-refractivity contribution in [1.29, 1.82) is 0 Å². The molecule has 2 aromatic heterocycles. The Kier molecular flexibility index (Phi) is 5.57. The first-order valence-corrected chi connectivity index (χ1v) is 9.74. The highest BCUT2D eigenvalue weighted by Gasteiger charge is 2.27. The largest absolute Gasteiger partial charge is 0.331 e. The number of nitrogens with one attached hydrogen (secondary N) is 2. The van der Waals surface area contributed by atoms with Crippen LogP contribution in [0.3, 0.4) is 0 Å². The third kappa shape index (κ3) is 4.41. The van der Waals surface area contributed by atoms with Crippen LogP contribution in [-0.4, -0.2) is 73.2 Å². The first kappa shape index (κ1) is 17.8. The van der Waals surface area contributed by atoms with E-state index in [-0.39, 0.29) is 6.03 Å². The first-order valence-electron chi connectivity index (χ1n) is 9.74. The lowest BCUT2D eigenvalue weighted by atomic mass is 9.94. The lowest BCUT2D eigenvalue weighted by Crippen LogP contribution is -2.54. The first-order chi connectivity index (χ1) is 13.3. The molecular formula is C18H26N8O. The molecule has 0 radical (unpaired) electrons. The van der Waals surface area contributed by atoms with Gasteiger partial charge in [0, 0.05) is 44.6 Å². The number of nitrogens with zero attached hydrogens (tertiary/aromatic N) is 6. The molecule has 0 unspecified atom stereocenters. The summed E-state index contributed by atoms with van der Waals surface area (Å²) in [7, 11) is 0. The van der Waals surface area contributed by atoms with Crippen LogP contribution in [0.5, 0.6) is 0 Å². The highest BCUT2D eigenvalue weighted by atomic mass is 16.2. The highest BCUT2D eigenvalue weighted by Crippen LogP contribution is 2.23.